The molecule has 6 aromatic rings. The zero-order valence-electron chi connectivity index (χ0n) is 49.1. The molecule has 8 bridgehead atoms. The summed E-state index contributed by atoms with van der Waals surface area (Å²) < 4.78 is 6.24. The molecular formula is C72H83N3O9S2. The van der Waals surface area contributed by atoms with Gasteiger partial charge in [0.1, 0.15) is 5.75 Å². The smallest absolute Gasteiger partial charge is 0.165 e. The maximum Gasteiger partial charge on any atom is 0.165 e. The number of fused-ring (bicyclic) bond motifs is 11. The Morgan fingerprint density at radius 1 is 0.791 bits per heavy atom. The summed E-state index contributed by atoms with van der Waals surface area (Å²) in [5, 5.41) is 69.0. The number of hydrogen-bond acceptors (Lipinski definition) is 13. The van der Waals surface area contributed by atoms with Gasteiger partial charge in [0.05, 0.1) is 37.5 Å². The topological polar surface area (TPSA) is 233 Å². The minimum absolute atomic E-state index is 0.000304. The third-order valence-corrected chi connectivity index (χ3v) is 22.1. The Balaban J connectivity index is 0.908. The molecular weight excluding hydrogens is 1110 g/mol. The van der Waals surface area contributed by atoms with E-state index in [1.54, 1.807) is 64.2 Å². The van der Waals surface area contributed by atoms with Gasteiger partial charge in [-0.05, 0) is 186 Å². The van der Waals surface area contributed by atoms with Crippen LogP contribution in [0.3, 0.4) is 0 Å². The predicted octanol–water partition coefficient (Wildman–Crippen LogP) is 11.4. The third-order valence-electron chi connectivity index (χ3n) is 19.7. The van der Waals surface area contributed by atoms with Gasteiger partial charge in [-0.25, -0.2) is 0 Å². The van der Waals surface area contributed by atoms with Crippen LogP contribution in [0.1, 0.15) is 166 Å². The van der Waals surface area contributed by atoms with E-state index >= 15 is 0 Å². The second-order valence-electron chi connectivity index (χ2n) is 25.5. The number of nitrogens with one attached hydrogen (secondary N) is 1. The van der Waals surface area contributed by atoms with Gasteiger partial charge in [0.15, 0.2) is 23.1 Å². The van der Waals surface area contributed by atoms with Crippen molar-refractivity contribution in [3.63, 3.8) is 0 Å². The number of ketones is 2. The van der Waals surface area contributed by atoms with E-state index in [0.29, 0.717) is 91.2 Å². The van der Waals surface area contributed by atoms with Crippen molar-refractivity contribution in [3.8, 4) is 29.1 Å². The molecule has 9 unspecified atom stereocenters. The first-order valence-corrected chi connectivity index (χ1v) is 33.5. The summed E-state index contributed by atoms with van der Waals surface area (Å²) in [5.41, 5.74) is 23.0. The SMILES string of the molecule is NC(N)c1cc2c3cc1CSSCC1CC(CCC4CC(O)(CO)CCCC5CC(CO)c6ccc(CCc7ccccc7)cc6CC54)(C=CC(=O)CCc4ccc(O)c(c4)OCCc4ccc(O)c(c4)C3CC(=O)c3cc[nH]c3CC#C2)CC1O. The summed E-state index contributed by atoms with van der Waals surface area (Å²) in [4.78, 5) is 31.7. The van der Waals surface area contributed by atoms with Crippen molar-refractivity contribution in [2.75, 3.05) is 25.6 Å². The molecule has 0 saturated heterocycles. The molecule has 9 atom stereocenters. The number of carbonyl (C=O) groups is 2. The molecule has 5 aliphatic rings. The van der Waals surface area contributed by atoms with E-state index in [9.17, 15) is 40.2 Å². The van der Waals surface area contributed by atoms with Crippen molar-refractivity contribution in [2.24, 2.45) is 40.6 Å². The molecule has 4 aliphatic carbocycles. The van der Waals surface area contributed by atoms with Crippen LogP contribution in [-0.4, -0.2) is 84.5 Å². The van der Waals surface area contributed by atoms with Gasteiger partial charge in [0.2, 0.25) is 0 Å². The molecule has 14 heteroatoms. The average Bonchev–Trinajstić information content (AvgIpc) is 2.15. The highest BCUT2D eigenvalue weighted by molar-refractivity contribution is 8.76. The van der Waals surface area contributed by atoms with Gasteiger partial charge in [0, 0.05) is 77.8 Å². The van der Waals surface area contributed by atoms with Crippen LogP contribution >= 0.6 is 21.6 Å². The van der Waals surface area contributed by atoms with Crippen LogP contribution in [0.2, 0.25) is 0 Å². The number of phenolic OH excluding ortho intramolecular Hbond substituents is 2. The first-order valence-electron chi connectivity index (χ1n) is 31.0. The number of aromatic nitrogens is 1. The summed E-state index contributed by atoms with van der Waals surface area (Å²) in [6.07, 6.45) is 14.1. The van der Waals surface area contributed by atoms with Crippen LogP contribution in [0.25, 0.3) is 0 Å². The second-order valence-corrected chi connectivity index (χ2v) is 28.0. The van der Waals surface area contributed by atoms with E-state index in [1.165, 1.54) is 22.3 Å². The van der Waals surface area contributed by atoms with Crippen molar-refractivity contribution in [3.05, 3.63) is 194 Å². The molecule has 5 aromatic carbocycles. The molecule has 452 valence electrons. The number of nitrogens with two attached hydrogens (primary N) is 2. The Morgan fingerprint density at radius 2 is 1.60 bits per heavy atom. The second kappa shape index (κ2) is 27.5. The number of aromatic hydroxyl groups is 2. The van der Waals surface area contributed by atoms with Gasteiger partial charge >= 0.3 is 0 Å². The Bertz CT molecular complexity index is 3480. The van der Waals surface area contributed by atoms with Gasteiger partial charge in [-0.2, -0.15) is 0 Å². The number of allylic oxidation sites excluding steroid dienone is 2. The number of carbonyl (C=O) groups excluding carboxylic acids is 2. The lowest BCUT2D eigenvalue weighted by atomic mass is 9.65. The summed E-state index contributed by atoms with van der Waals surface area (Å²) in [7, 11) is 3.32. The molecule has 0 radical (unpaired) electrons. The first-order chi connectivity index (χ1) is 41.7. The molecule has 11 N–H and O–H groups in total. The Labute approximate surface area is 514 Å². The Morgan fingerprint density at radius 3 is 2.42 bits per heavy atom. The Kier molecular flexibility index (Phi) is 19.7. The largest absolute Gasteiger partial charge is 0.508 e. The number of H-pyrrole nitrogens is 1. The van der Waals surface area contributed by atoms with Gasteiger partial charge in [-0.1, -0.05) is 125 Å². The zero-order chi connectivity index (χ0) is 60.0. The summed E-state index contributed by atoms with van der Waals surface area (Å²) >= 11 is 0. The van der Waals surface area contributed by atoms with Gasteiger partial charge in [-0.15, -0.1) is 0 Å². The lowest BCUT2D eigenvalue weighted by Crippen LogP contribution is -2.41. The number of aliphatic hydroxyl groups is 4. The fraction of sp³-hybridized carbons (Fsp3) is 0.444. The number of aryl methyl sites for hydroxylation is 3. The highest BCUT2D eigenvalue weighted by Gasteiger charge is 2.46. The zero-order valence-corrected chi connectivity index (χ0v) is 50.7. The molecule has 86 heavy (non-hydrogen) atoms. The molecule has 12 nitrogen and oxygen atoms in total. The number of rotatable bonds is 9. The minimum Gasteiger partial charge on any atom is -0.508 e. The summed E-state index contributed by atoms with van der Waals surface area (Å²) in [6.45, 7) is -0.0665. The molecule has 0 spiro atoms. The molecule has 1 aliphatic heterocycles. The van der Waals surface area contributed by atoms with E-state index in [2.05, 4.69) is 71.4 Å². The Hall–Kier alpha value is -6.12. The maximum absolute atomic E-state index is 14.4. The van der Waals surface area contributed by atoms with Crippen LogP contribution in [0.4, 0.5) is 0 Å². The fourth-order valence-electron chi connectivity index (χ4n) is 15.0. The average molecular weight is 1200 g/mol. The monoisotopic (exact) mass is 1200 g/mol. The fourth-order valence-corrected chi connectivity index (χ4v) is 17.5. The normalized spacial score (nSPS) is 26.4. The van der Waals surface area contributed by atoms with Gasteiger partial charge < -0.3 is 51.8 Å². The number of Topliss-reactive ketones (excluding diaryl/α,β-unsaturated/α-hetero) is 1. The predicted molar refractivity (Wildman–Crippen MR) is 341 cm³/mol. The van der Waals surface area contributed by atoms with E-state index in [-0.39, 0.29) is 79.4 Å². The van der Waals surface area contributed by atoms with Gasteiger partial charge in [0.25, 0.3) is 0 Å². The van der Waals surface area contributed by atoms with Crippen molar-refractivity contribution in [1.29, 1.82) is 0 Å². The lowest BCUT2D eigenvalue weighted by Gasteiger charge is -2.42. The molecule has 11 rings (SSSR count). The van der Waals surface area contributed by atoms with Gasteiger partial charge in [-0.3, -0.25) is 9.59 Å². The van der Waals surface area contributed by atoms with Crippen LogP contribution in [-0.2, 0) is 49.1 Å². The van der Waals surface area contributed by atoms with E-state index in [4.69, 9.17) is 16.2 Å². The number of phenols is 2. The molecule has 2 fully saturated rings. The highest BCUT2D eigenvalue weighted by Crippen LogP contribution is 2.53. The standard InChI is InChI=1S/C72H83N3O9S2/c73-70(74)61-34-50-8-4-10-64-58(23-28-75-64)67(81)37-62-60(50)36-54(61)42-85-86-43-55-38-71(40-68(55)82,27-22-56(78)17-13-47-16-20-66(80)69(32-47)84-29-24-48-15-19-65(79)63(62)31-48)26-21-51-39-72(83,44-77)25-5-9-49-33-53(41-76)57-18-14-46(30-52(57)35-59(49)51)12-11-45-6-2-1-3-7-45/h1-3,6-7,14-16,18-20,22-23,27-28,30-32,34,36,49,51,53,55,59,62,68,70,75-77,79-80,82-83H,5,9-13,17,21,24-26,29,33,35,37-44,73-74H2. The van der Waals surface area contributed by atoms with E-state index < -0.39 is 29.2 Å². The minimum atomic E-state index is -1.24. The van der Waals surface area contributed by atoms with Crippen molar-refractivity contribution in [2.45, 2.75) is 145 Å². The summed E-state index contributed by atoms with van der Waals surface area (Å²) in [6, 6.07) is 33.7. The molecule has 0 amide bonds. The molecule has 1 aromatic heterocycles. The molecule has 2 heterocycles. The van der Waals surface area contributed by atoms with Crippen LogP contribution in [0.5, 0.6) is 17.2 Å². The first kappa shape index (κ1) is 61.5. The number of ether oxygens (including phenoxy) is 1. The van der Waals surface area contributed by atoms with Crippen molar-refractivity contribution >= 4 is 33.2 Å². The van der Waals surface area contributed by atoms with Crippen molar-refractivity contribution < 1.29 is 45.0 Å². The number of hydrogen-bond donors (Lipinski definition) is 9. The summed E-state index contributed by atoms with van der Waals surface area (Å²) in [5.74, 6) is 7.76. The maximum atomic E-state index is 14.4. The lowest BCUT2D eigenvalue weighted by molar-refractivity contribution is -0.114. The van der Waals surface area contributed by atoms with Crippen LogP contribution < -0.4 is 16.2 Å². The molecule has 2 saturated carbocycles. The third kappa shape index (κ3) is 14.4. The van der Waals surface area contributed by atoms with E-state index in [0.717, 1.165) is 78.5 Å². The van der Waals surface area contributed by atoms with E-state index in [1.807, 2.05) is 24.3 Å². The van der Waals surface area contributed by atoms with Crippen molar-refractivity contribution in [1.82, 2.24) is 4.98 Å². The van der Waals surface area contributed by atoms with Crippen LogP contribution in [0, 0.1) is 40.9 Å². The quantitative estimate of drug-likeness (QED) is 0.0373. The highest BCUT2D eigenvalue weighted by atomic mass is 33.1. The number of aromatic amines is 1. The number of aliphatic hydroxyl groups excluding tert-OH is 3. The van der Waals surface area contributed by atoms with Crippen LogP contribution in [0.15, 0.2) is 121 Å². The number of benzene rings is 5.